The fourth-order valence-electron chi connectivity index (χ4n) is 2.66. The van der Waals surface area contributed by atoms with Crippen molar-refractivity contribution >= 4 is 11.9 Å². The first-order valence-electron chi connectivity index (χ1n) is 7.07. The average Bonchev–Trinajstić information content (AvgIpc) is 3.18. The van der Waals surface area contributed by atoms with Crippen LogP contribution < -0.4 is 5.32 Å². The molecule has 0 saturated heterocycles. The zero-order valence-corrected chi connectivity index (χ0v) is 11.2. The van der Waals surface area contributed by atoms with E-state index < -0.39 is 12.0 Å². The molecule has 2 N–H and O–H groups in total. The zero-order valence-electron chi connectivity index (χ0n) is 11.2. The monoisotopic (exact) mass is 253 g/mol. The maximum atomic E-state index is 12.3. The predicted molar refractivity (Wildman–Crippen MR) is 68.0 cm³/mol. The van der Waals surface area contributed by atoms with E-state index in [0.717, 1.165) is 32.1 Å². The second kappa shape index (κ2) is 5.29. The van der Waals surface area contributed by atoms with Gasteiger partial charge in [0.2, 0.25) is 5.91 Å². The van der Waals surface area contributed by atoms with Crippen LogP contribution in [-0.2, 0) is 9.59 Å². The van der Waals surface area contributed by atoms with Gasteiger partial charge < -0.3 is 10.4 Å². The van der Waals surface area contributed by atoms with Crippen LogP contribution in [-0.4, -0.2) is 23.0 Å². The van der Waals surface area contributed by atoms with Gasteiger partial charge in [-0.05, 0) is 43.4 Å². The van der Waals surface area contributed by atoms with Crippen LogP contribution in [0.5, 0.6) is 0 Å². The molecule has 0 radical (unpaired) electrons. The van der Waals surface area contributed by atoms with E-state index in [9.17, 15) is 14.7 Å². The quantitative estimate of drug-likeness (QED) is 0.729. The largest absolute Gasteiger partial charge is 0.480 e. The molecule has 1 unspecified atom stereocenters. The number of carboxylic acid groups (broad SMARTS) is 1. The molecule has 2 rings (SSSR count). The second-order valence-corrected chi connectivity index (χ2v) is 5.91. The highest BCUT2D eigenvalue weighted by Crippen LogP contribution is 2.49. The van der Waals surface area contributed by atoms with Gasteiger partial charge in [0.1, 0.15) is 6.04 Å². The van der Waals surface area contributed by atoms with Gasteiger partial charge in [0.25, 0.3) is 0 Å². The molecule has 0 heterocycles. The Bertz CT molecular complexity index is 322. The molecular weight excluding hydrogens is 230 g/mol. The number of carbonyl (C=O) groups is 2. The summed E-state index contributed by atoms with van der Waals surface area (Å²) in [6.45, 7) is 3.83. The fourth-order valence-corrected chi connectivity index (χ4v) is 2.66. The summed E-state index contributed by atoms with van der Waals surface area (Å²) in [6, 6.07) is -0.734. The number of carbonyl (C=O) groups excluding carboxylic acids is 1. The highest BCUT2D eigenvalue weighted by molar-refractivity contribution is 5.85. The number of carboxylic acids is 1. The highest BCUT2D eigenvalue weighted by atomic mass is 16.4. The summed E-state index contributed by atoms with van der Waals surface area (Å²) in [4.78, 5) is 23.5. The van der Waals surface area contributed by atoms with Crippen molar-refractivity contribution in [2.24, 2.45) is 23.7 Å². The maximum Gasteiger partial charge on any atom is 0.326 e. The Labute approximate surface area is 108 Å². The SMILES string of the molecule is CCC(C)[C@H](NC(=O)C(C1CC1)C1CC1)C(=O)O. The summed E-state index contributed by atoms with van der Waals surface area (Å²) < 4.78 is 0. The van der Waals surface area contributed by atoms with Crippen LogP contribution in [0, 0.1) is 23.7 Å². The lowest BCUT2D eigenvalue weighted by Gasteiger charge is -2.23. The van der Waals surface area contributed by atoms with E-state index >= 15 is 0 Å². The van der Waals surface area contributed by atoms with E-state index in [4.69, 9.17) is 0 Å². The van der Waals surface area contributed by atoms with Gasteiger partial charge >= 0.3 is 5.97 Å². The molecular formula is C14H23NO3. The number of nitrogens with one attached hydrogen (secondary N) is 1. The first-order valence-corrected chi connectivity index (χ1v) is 7.07. The minimum atomic E-state index is -0.914. The molecule has 0 aromatic carbocycles. The van der Waals surface area contributed by atoms with Crippen molar-refractivity contribution in [2.75, 3.05) is 0 Å². The van der Waals surface area contributed by atoms with Crippen LogP contribution in [0.15, 0.2) is 0 Å². The van der Waals surface area contributed by atoms with Crippen LogP contribution in [0.2, 0.25) is 0 Å². The van der Waals surface area contributed by atoms with Crippen molar-refractivity contribution in [1.29, 1.82) is 0 Å². The van der Waals surface area contributed by atoms with Crippen LogP contribution in [0.4, 0.5) is 0 Å². The molecule has 0 bridgehead atoms. The van der Waals surface area contributed by atoms with Gasteiger partial charge in [-0.15, -0.1) is 0 Å². The molecule has 4 heteroatoms. The predicted octanol–water partition coefficient (Wildman–Crippen LogP) is 2.04. The van der Waals surface area contributed by atoms with Crippen LogP contribution in [0.3, 0.4) is 0 Å². The van der Waals surface area contributed by atoms with Gasteiger partial charge in [-0.1, -0.05) is 20.3 Å². The summed E-state index contributed by atoms with van der Waals surface area (Å²) in [6.07, 6.45) is 5.30. The maximum absolute atomic E-state index is 12.3. The molecule has 4 nitrogen and oxygen atoms in total. The zero-order chi connectivity index (χ0) is 13.3. The molecule has 2 saturated carbocycles. The van der Waals surface area contributed by atoms with E-state index in [1.807, 2.05) is 13.8 Å². The van der Waals surface area contributed by atoms with Gasteiger partial charge in [-0.25, -0.2) is 4.79 Å². The lowest BCUT2D eigenvalue weighted by Crippen LogP contribution is -2.48. The van der Waals surface area contributed by atoms with Crippen molar-refractivity contribution in [3.63, 3.8) is 0 Å². The number of hydrogen-bond acceptors (Lipinski definition) is 2. The van der Waals surface area contributed by atoms with E-state index in [1.165, 1.54) is 0 Å². The minimum Gasteiger partial charge on any atom is -0.480 e. The van der Waals surface area contributed by atoms with Crippen molar-refractivity contribution in [1.82, 2.24) is 5.32 Å². The Hall–Kier alpha value is -1.06. The summed E-state index contributed by atoms with van der Waals surface area (Å²) in [7, 11) is 0. The molecule has 2 aliphatic carbocycles. The minimum absolute atomic E-state index is 0.0206. The van der Waals surface area contributed by atoms with Gasteiger partial charge in [0.05, 0.1) is 0 Å². The molecule has 102 valence electrons. The van der Waals surface area contributed by atoms with E-state index in [2.05, 4.69) is 5.32 Å². The van der Waals surface area contributed by atoms with E-state index in [-0.39, 0.29) is 17.7 Å². The van der Waals surface area contributed by atoms with Crippen LogP contribution in [0.1, 0.15) is 46.0 Å². The molecule has 0 aromatic rings. The Morgan fingerprint density at radius 3 is 2.06 bits per heavy atom. The van der Waals surface area contributed by atoms with E-state index in [0.29, 0.717) is 11.8 Å². The Morgan fingerprint density at radius 1 is 1.22 bits per heavy atom. The van der Waals surface area contributed by atoms with Crippen molar-refractivity contribution in [2.45, 2.75) is 52.0 Å². The summed E-state index contributed by atoms with van der Waals surface area (Å²) in [5.41, 5.74) is 0. The van der Waals surface area contributed by atoms with Crippen LogP contribution >= 0.6 is 0 Å². The molecule has 18 heavy (non-hydrogen) atoms. The molecule has 2 fully saturated rings. The Morgan fingerprint density at radius 2 is 1.72 bits per heavy atom. The van der Waals surface area contributed by atoms with Gasteiger partial charge in [-0.3, -0.25) is 4.79 Å². The summed E-state index contributed by atoms with van der Waals surface area (Å²) >= 11 is 0. The Balaban J connectivity index is 1.96. The van der Waals surface area contributed by atoms with Crippen molar-refractivity contribution in [3.8, 4) is 0 Å². The van der Waals surface area contributed by atoms with Gasteiger partial charge in [0, 0.05) is 5.92 Å². The highest BCUT2D eigenvalue weighted by Gasteiger charge is 2.46. The van der Waals surface area contributed by atoms with Crippen LogP contribution in [0.25, 0.3) is 0 Å². The van der Waals surface area contributed by atoms with Crippen molar-refractivity contribution < 1.29 is 14.7 Å². The average molecular weight is 253 g/mol. The van der Waals surface area contributed by atoms with Crippen molar-refractivity contribution in [3.05, 3.63) is 0 Å². The third-order valence-electron chi connectivity index (χ3n) is 4.34. The standard InChI is InChI=1S/C14H23NO3/c1-3-8(2)12(14(17)18)15-13(16)11(9-4-5-9)10-6-7-10/h8-12H,3-7H2,1-2H3,(H,15,16)(H,17,18)/t8?,12-/m0/s1. The van der Waals surface area contributed by atoms with Gasteiger partial charge in [-0.2, -0.15) is 0 Å². The molecule has 2 atom stereocenters. The summed E-state index contributed by atoms with van der Waals surface area (Å²) in [5, 5.41) is 12.0. The lowest BCUT2D eigenvalue weighted by molar-refractivity contribution is -0.144. The first-order chi connectivity index (χ1) is 8.54. The summed E-state index contributed by atoms with van der Waals surface area (Å²) in [5.74, 6) is 0.157. The number of rotatable bonds is 7. The first kappa shape index (κ1) is 13.4. The fraction of sp³-hybridized carbons (Fsp3) is 0.857. The molecule has 2 aliphatic rings. The molecule has 0 aliphatic heterocycles. The topological polar surface area (TPSA) is 66.4 Å². The Kier molecular flexibility index (Phi) is 3.93. The smallest absolute Gasteiger partial charge is 0.326 e. The number of hydrogen-bond donors (Lipinski definition) is 2. The third-order valence-corrected chi connectivity index (χ3v) is 4.34. The lowest BCUT2D eigenvalue weighted by atomic mass is 9.94. The third kappa shape index (κ3) is 3.03. The molecule has 0 aromatic heterocycles. The second-order valence-electron chi connectivity index (χ2n) is 5.91. The normalized spacial score (nSPS) is 22.6. The molecule has 0 spiro atoms. The molecule has 1 amide bonds. The van der Waals surface area contributed by atoms with Gasteiger partial charge in [0.15, 0.2) is 0 Å². The van der Waals surface area contributed by atoms with E-state index in [1.54, 1.807) is 0 Å². The number of aliphatic carboxylic acids is 1. The number of amides is 1.